The first-order chi connectivity index (χ1) is 17.3. The van der Waals surface area contributed by atoms with E-state index in [1.54, 1.807) is 36.4 Å². The van der Waals surface area contributed by atoms with E-state index in [-0.39, 0.29) is 17.2 Å². The Morgan fingerprint density at radius 3 is 2.36 bits per heavy atom. The molecule has 9 heteroatoms. The van der Waals surface area contributed by atoms with Crippen molar-refractivity contribution >= 4 is 57.1 Å². The molecule has 1 saturated heterocycles. The fraction of sp³-hybridized carbons (Fsp3) is 0.148. The van der Waals surface area contributed by atoms with Crippen LogP contribution in [0.25, 0.3) is 6.08 Å². The molecule has 0 saturated carbocycles. The number of ether oxygens (including phenoxy) is 2. The van der Waals surface area contributed by atoms with Crippen molar-refractivity contribution in [1.29, 1.82) is 0 Å². The van der Waals surface area contributed by atoms with E-state index in [1.165, 1.54) is 6.08 Å². The van der Waals surface area contributed by atoms with E-state index in [4.69, 9.17) is 21.1 Å². The third-order valence-corrected chi connectivity index (χ3v) is 6.14. The summed E-state index contributed by atoms with van der Waals surface area (Å²) in [6.45, 7) is 4.46. The van der Waals surface area contributed by atoms with Crippen molar-refractivity contribution in [1.82, 2.24) is 5.32 Å². The number of rotatable bonds is 7. The summed E-state index contributed by atoms with van der Waals surface area (Å²) in [7, 11) is 0. The van der Waals surface area contributed by atoms with E-state index in [9.17, 15) is 14.4 Å². The minimum atomic E-state index is -0.822. The fourth-order valence-corrected chi connectivity index (χ4v) is 4.10. The molecule has 0 atom stereocenters. The predicted octanol–water partition coefficient (Wildman–Crippen LogP) is 6.06. The van der Waals surface area contributed by atoms with Crippen LogP contribution in [0.2, 0.25) is 5.02 Å². The van der Waals surface area contributed by atoms with E-state index in [2.05, 4.69) is 21.2 Å². The normalized spacial score (nSPS) is 14.7. The number of nitrogens with one attached hydrogen (secondary N) is 1. The molecule has 3 aromatic rings. The smallest absolute Gasteiger partial charge is 0.335 e. The van der Waals surface area contributed by atoms with Gasteiger partial charge in [-0.15, -0.1) is 0 Å². The van der Waals surface area contributed by atoms with Gasteiger partial charge >= 0.3 is 6.03 Å². The number of urea groups is 1. The van der Waals surface area contributed by atoms with Crippen LogP contribution in [0, 0.1) is 6.92 Å². The number of barbiturate groups is 1. The van der Waals surface area contributed by atoms with E-state index in [0.717, 1.165) is 20.5 Å². The predicted molar refractivity (Wildman–Crippen MR) is 141 cm³/mol. The van der Waals surface area contributed by atoms with Crippen LogP contribution in [0.5, 0.6) is 11.5 Å². The molecule has 1 fully saturated rings. The standard InChI is InChI=1S/C27H22BrClN2O5/c1-3-35-23-14-18(13-22(29)24(23)36-15-17-6-4-16(2)5-7-17)12-21-25(32)30-27(34)31(26(21)33)20-10-8-19(28)9-11-20/h4-14H,3,15H2,1-2H3,(H,30,32,34)/b21-12+. The number of hydrogen-bond acceptors (Lipinski definition) is 5. The third-order valence-electron chi connectivity index (χ3n) is 5.33. The molecule has 3 aromatic carbocycles. The lowest BCUT2D eigenvalue weighted by atomic mass is 10.1. The van der Waals surface area contributed by atoms with Gasteiger partial charge in [-0.25, -0.2) is 9.69 Å². The Kier molecular flexibility index (Phi) is 7.76. The second kappa shape index (κ2) is 11.0. The van der Waals surface area contributed by atoms with Crippen molar-refractivity contribution in [3.8, 4) is 11.5 Å². The lowest BCUT2D eigenvalue weighted by Crippen LogP contribution is -2.54. The van der Waals surface area contributed by atoms with Gasteiger partial charge in [-0.05, 0) is 67.4 Å². The molecular weight excluding hydrogens is 548 g/mol. The Balaban J connectivity index is 1.65. The highest BCUT2D eigenvalue weighted by Gasteiger charge is 2.36. The second-order valence-corrected chi connectivity index (χ2v) is 9.29. The second-order valence-electron chi connectivity index (χ2n) is 7.97. The van der Waals surface area contributed by atoms with Gasteiger partial charge in [0.2, 0.25) is 0 Å². The highest BCUT2D eigenvalue weighted by Crippen LogP contribution is 2.38. The van der Waals surface area contributed by atoms with Crippen LogP contribution in [0.15, 0.2) is 70.7 Å². The van der Waals surface area contributed by atoms with Crippen LogP contribution < -0.4 is 19.7 Å². The van der Waals surface area contributed by atoms with Gasteiger partial charge < -0.3 is 9.47 Å². The number of carbonyl (C=O) groups is 3. The lowest BCUT2D eigenvalue weighted by molar-refractivity contribution is -0.122. The van der Waals surface area contributed by atoms with E-state index in [0.29, 0.717) is 29.4 Å². The Morgan fingerprint density at radius 1 is 1.00 bits per heavy atom. The number of amides is 4. The van der Waals surface area contributed by atoms with Crippen molar-refractivity contribution in [3.05, 3.63) is 92.4 Å². The minimum absolute atomic E-state index is 0.218. The van der Waals surface area contributed by atoms with Crippen molar-refractivity contribution < 1.29 is 23.9 Å². The summed E-state index contributed by atoms with van der Waals surface area (Å²) in [5, 5.41) is 2.46. The average Bonchev–Trinajstić information content (AvgIpc) is 2.83. The highest BCUT2D eigenvalue weighted by atomic mass is 79.9. The largest absolute Gasteiger partial charge is 0.490 e. The molecule has 4 rings (SSSR count). The zero-order valence-electron chi connectivity index (χ0n) is 19.5. The van der Waals surface area contributed by atoms with Crippen molar-refractivity contribution in [2.24, 2.45) is 0 Å². The monoisotopic (exact) mass is 568 g/mol. The molecule has 0 spiro atoms. The highest BCUT2D eigenvalue weighted by molar-refractivity contribution is 9.10. The number of nitrogens with zero attached hydrogens (tertiary/aromatic N) is 1. The van der Waals surface area contributed by atoms with E-state index >= 15 is 0 Å². The molecule has 1 heterocycles. The maximum Gasteiger partial charge on any atom is 0.335 e. The molecule has 1 aliphatic heterocycles. The van der Waals surface area contributed by atoms with Gasteiger partial charge in [-0.1, -0.05) is 57.4 Å². The number of halogens is 2. The lowest BCUT2D eigenvalue weighted by Gasteiger charge is -2.26. The molecule has 36 heavy (non-hydrogen) atoms. The molecule has 0 bridgehead atoms. The summed E-state index contributed by atoms with van der Waals surface area (Å²) in [5.74, 6) is -0.826. The summed E-state index contributed by atoms with van der Waals surface area (Å²) < 4.78 is 12.5. The first-order valence-electron chi connectivity index (χ1n) is 11.1. The molecule has 1 N–H and O–H groups in total. The SMILES string of the molecule is CCOc1cc(/C=C2\C(=O)NC(=O)N(c3ccc(Br)cc3)C2=O)cc(Cl)c1OCc1ccc(C)cc1. The summed E-state index contributed by atoms with van der Waals surface area (Å²) in [6.07, 6.45) is 1.37. The minimum Gasteiger partial charge on any atom is -0.490 e. The number of imide groups is 2. The molecule has 0 radical (unpaired) electrons. The van der Waals surface area contributed by atoms with Crippen LogP contribution in [0.4, 0.5) is 10.5 Å². The van der Waals surface area contributed by atoms with Crippen molar-refractivity contribution in [2.45, 2.75) is 20.5 Å². The van der Waals surface area contributed by atoms with E-state index < -0.39 is 17.8 Å². The third kappa shape index (κ3) is 5.61. The summed E-state index contributed by atoms with van der Waals surface area (Å²) in [6, 6.07) is 16.9. The Labute approximate surface area is 221 Å². The van der Waals surface area contributed by atoms with Crippen LogP contribution in [0.1, 0.15) is 23.6 Å². The summed E-state index contributed by atoms with van der Waals surface area (Å²) >= 11 is 9.85. The number of aryl methyl sites for hydroxylation is 1. The van der Waals surface area contributed by atoms with Crippen LogP contribution in [-0.4, -0.2) is 24.5 Å². The molecule has 7 nitrogen and oxygen atoms in total. The van der Waals surface area contributed by atoms with Crippen LogP contribution in [0.3, 0.4) is 0 Å². The molecular formula is C27H22BrClN2O5. The van der Waals surface area contributed by atoms with Gasteiger partial charge in [-0.2, -0.15) is 0 Å². The Morgan fingerprint density at radius 2 is 1.69 bits per heavy atom. The molecule has 0 aliphatic carbocycles. The average molecular weight is 570 g/mol. The summed E-state index contributed by atoms with van der Waals surface area (Å²) in [4.78, 5) is 39.0. The number of hydrogen-bond donors (Lipinski definition) is 1. The molecule has 1 aliphatic rings. The first-order valence-corrected chi connectivity index (χ1v) is 12.3. The topological polar surface area (TPSA) is 84.9 Å². The quantitative estimate of drug-likeness (QED) is 0.276. The first kappa shape index (κ1) is 25.5. The van der Waals surface area contributed by atoms with Gasteiger partial charge in [0, 0.05) is 4.47 Å². The Bertz CT molecular complexity index is 1350. The number of carbonyl (C=O) groups excluding carboxylic acids is 3. The molecule has 4 amide bonds. The Hall–Kier alpha value is -3.62. The fourth-order valence-electron chi connectivity index (χ4n) is 3.56. The van der Waals surface area contributed by atoms with Gasteiger partial charge in [0.05, 0.1) is 17.3 Å². The maximum absolute atomic E-state index is 13.2. The van der Waals surface area contributed by atoms with Gasteiger partial charge in [0.25, 0.3) is 11.8 Å². The zero-order valence-corrected chi connectivity index (χ0v) is 21.9. The van der Waals surface area contributed by atoms with Crippen molar-refractivity contribution in [2.75, 3.05) is 11.5 Å². The molecule has 0 unspecified atom stereocenters. The molecule has 184 valence electrons. The van der Waals surface area contributed by atoms with Crippen LogP contribution in [-0.2, 0) is 16.2 Å². The van der Waals surface area contributed by atoms with Crippen LogP contribution >= 0.6 is 27.5 Å². The summed E-state index contributed by atoms with van der Waals surface area (Å²) in [5.41, 5.74) is 2.66. The van der Waals surface area contributed by atoms with Gasteiger partial charge in [-0.3, -0.25) is 14.9 Å². The van der Waals surface area contributed by atoms with Crippen molar-refractivity contribution in [3.63, 3.8) is 0 Å². The molecule has 0 aromatic heterocycles. The number of benzene rings is 3. The number of anilines is 1. The zero-order chi connectivity index (χ0) is 25.8. The maximum atomic E-state index is 13.2. The van der Waals surface area contributed by atoms with Gasteiger partial charge in [0.1, 0.15) is 12.2 Å². The van der Waals surface area contributed by atoms with E-state index in [1.807, 2.05) is 38.1 Å². The van der Waals surface area contributed by atoms with Gasteiger partial charge in [0.15, 0.2) is 11.5 Å².